The van der Waals surface area contributed by atoms with E-state index in [0.717, 1.165) is 11.1 Å². The minimum absolute atomic E-state index is 0.0451. The van der Waals surface area contributed by atoms with Crippen LogP contribution in [-0.2, 0) is 16.1 Å². The lowest BCUT2D eigenvalue weighted by Gasteiger charge is -2.16. The first-order chi connectivity index (χ1) is 11.8. The summed E-state index contributed by atoms with van der Waals surface area (Å²) in [6, 6.07) is 5.65. The number of hydrogen-bond acceptors (Lipinski definition) is 6. The molecule has 2 aromatic rings. The summed E-state index contributed by atoms with van der Waals surface area (Å²) >= 11 is 0. The van der Waals surface area contributed by atoms with Gasteiger partial charge in [-0.1, -0.05) is 12.1 Å². The number of benzene rings is 1. The van der Waals surface area contributed by atoms with Crippen LogP contribution in [-0.4, -0.2) is 34.4 Å². The maximum absolute atomic E-state index is 12.0. The van der Waals surface area contributed by atoms with E-state index in [1.165, 1.54) is 10.9 Å². The Bertz CT molecular complexity index is 785. The van der Waals surface area contributed by atoms with E-state index < -0.39 is 18.0 Å². The van der Waals surface area contributed by atoms with Crippen LogP contribution < -0.4 is 16.2 Å². The van der Waals surface area contributed by atoms with Gasteiger partial charge < -0.3 is 20.9 Å². The molecule has 1 atom stereocenters. The number of anilines is 1. The van der Waals surface area contributed by atoms with Crippen LogP contribution in [0, 0.1) is 13.8 Å². The zero-order chi connectivity index (χ0) is 18.6. The van der Waals surface area contributed by atoms with Gasteiger partial charge in [0, 0.05) is 0 Å². The first kappa shape index (κ1) is 18.3. The maximum atomic E-state index is 12.0. The van der Waals surface area contributed by atoms with E-state index in [-0.39, 0.29) is 24.5 Å². The predicted molar refractivity (Wildman–Crippen MR) is 92.1 cm³/mol. The molecule has 0 aliphatic heterocycles. The number of amides is 1. The molecule has 0 spiro atoms. The third kappa shape index (κ3) is 4.28. The predicted octanol–water partition coefficient (Wildman–Crippen LogP) is 1.19. The summed E-state index contributed by atoms with van der Waals surface area (Å²) in [5.74, 6) is -0.367. The monoisotopic (exact) mass is 346 g/mol. The van der Waals surface area contributed by atoms with Gasteiger partial charge in [0.25, 0.3) is 5.91 Å². The van der Waals surface area contributed by atoms with Gasteiger partial charge >= 0.3 is 5.97 Å². The number of esters is 1. The van der Waals surface area contributed by atoms with E-state index in [0.29, 0.717) is 5.75 Å². The van der Waals surface area contributed by atoms with E-state index in [4.69, 9.17) is 20.9 Å². The van der Waals surface area contributed by atoms with Crippen LogP contribution in [0.15, 0.2) is 24.4 Å². The molecule has 1 heterocycles. The highest BCUT2D eigenvalue weighted by Gasteiger charge is 2.18. The fourth-order valence-corrected chi connectivity index (χ4v) is 2.20. The van der Waals surface area contributed by atoms with Gasteiger partial charge in [0.05, 0.1) is 12.7 Å². The van der Waals surface area contributed by atoms with E-state index >= 15 is 0 Å². The van der Waals surface area contributed by atoms with E-state index in [1.807, 2.05) is 32.0 Å². The number of nitrogens with two attached hydrogens (primary N) is 2. The number of carbonyl (C=O) groups is 2. The molecule has 8 nitrogen and oxygen atoms in total. The molecular weight excluding hydrogens is 324 g/mol. The van der Waals surface area contributed by atoms with Crippen molar-refractivity contribution in [3.8, 4) is 5.75 Å². The van der Waals surface area contributed by atoms with Gasteiger partial charge in [-0.05, 0) is 38.0 Å². The van der Waals surface area contributed by atoms with Crippen molar-refractivity contribution in [3.63, 3.8) is 0 Å². The van der Waals surface area contributed by atoms with Gasteiger partial charge in [-0.3, -0.25) is 4.79 Å². The number of aryl methyl sites for hydroxylation is 1. The third-order valence-corrected chi connectivity index (χ3v) is 3.88. The normalized spacial score (nSPS) is 11.8. The van der Waals surface area contributed by atoms with Crippen LogP contribution in [0.3, 0.4) is 0 Å². The second-order valence-corrected chi connectivity index (χ2v) is 5.66. The molecule has 4 N–H and O–H groups in total. The summed E-state index contributed by atoms with van der Waals surface area (Å²) in [5, 5.41) is 3.94. The Morgan fingerprint density at radius 1 is 1.32 bits per heavy atom. The van der Waals surface area contributed by atoms with Gasteiger partial charge in [0.1, 0.15) is 23.7 Å². The van der Waals surface area contributed by atoms with Gasteiger partial charge in [0.2, 0.25) is 0 Å². The smallest absolute Gasteiger partial charge is 0.347 e. The quantitative estimate of drug-likeness (QED) is 0.726. The molecular formula is C17H22N4O4. The zero-order valence-corrected chi connectivity index (χ0v) is 14.5. The SMILES string of the molecule is Cc1cccc(O[C@H](C)C(=O)OCCn2ncc(C(N)=O)c2N)c1C. The number of nitrogen functional groups attached to an aromatic ring is 1. The van der Waals surface area contributed by atoms with Crippen molar-refractivity contribution in [1.82, 2.24) is 9.78 Å². The molecule has 0 unspecified atom stereocenters. The third-order valence-electron chi connectivity index (χ3n) is 3.88. The average molecular weight is 346 g/mol. The highest BCUT2D eigenvalue weighted by atomic mass is 16.6. The molecule has 0 radical (unpaired) electrons. The van der Waals surface area contributed by atoms with Crippen molar-refractivity contribution < 1.29 is 19.1 Å². The van der Waals surface area contributed by atoms with Gasteiger partial charge in [-0.2, -0.15) is 5.10 Å². The fraction of sp³-hybridized carbons (Fsp3) is 0.353. The Morgan fingerprint density at radius 2 is 2.04 bits per heavy atom. The van der Waals surface area contributed by atoms with Crippen LogP contribution >= 0.6 is 0 Å². The molecule has 0 saturated carbocycles. The Kier molecular flexibility index (Phi) is 5.63. The minimum Gasteiger partial charge on any atom is -0.479 e. The van der Waals surface area contributed by atoms with Crippen LogP contribution in [0.5, 0.6) is 5.75 Å². The number of nitrogens with zero attached hydrogens (tertiary/aromatic N) is 2. The molecule has 0 aliphatic carbocycles. The summed E-state index contributed by atoms with van der Waals surface area (Å²) < 4.78 is 12.2. The second kappa shape index (κ2) is 7.69. The molecule has 1 aromatic heterocycles. The van der Waals surface area contributed by atoms with Crippen LogP contribution in [0.25, 0.3) is 0 Å². The van der Waals surface area contributed by atoms with Crippen molar-refractivity contribution in [1.29, 1.82) is 0 Å². The molecule has 0 saturated heterocycles. The number of aromatic nitrogens is 2. The fourth-order valence-electron chi connectivity index (χ4n) is 2.20. The molecule has 134 valence electrons. The summed E-state index contributed by atoms with van der Waals surface area (Å²) in [7, 11) is 0. The highest BCUT2D eigenvalue weighted by molar-refractivity contribution is 5.96. The number of ether oxygens (including phenoxy) is 2. The van der Waals surface area contributed by atoms with Crippen LogP contribution in [0.2, 0.25) is 0 Å². The van der Waals surface area contributed by atoms with E-state index in [2.05, 4.69) is 5.10 Å². The Hall–Kier alpha value is -3.03. The topological polar surface area (TPSA) is 122 Å². The summed E-state index contributed by atoms with van der Waals surface area (Å²) in [6.45, 7) is 5.78. The largest absolute Gasteiger partial charge is 0.479 e. The standard InChI is InChI=1S/C17H22N4O4/c1-10-5-4-6-14(11(10)2)25-12(3)17(23)24-8-7-21-15(18)13(9-20-21)16(19)22/h4-6,9,12H,7-8,18H2,1-3H3,(H2,19,22)/t12-/m1/s1. The maximum Gasteiger partial charge on any atom is 0.347 e. The van der Waals surface area contributed by atoms with Gasteiger partial charge in [-0.15, -0.1) is 0 Å². The zero-order valence-electron chi connectivity index (χ0n) is 14.5. The average Bonchev–Trinajstić information content (AvgIpc) is 2.93. The Labute approximate surface area is 145 Å². The summed E-state index contributed by atoms with van der Waals surface area (Å²) in [4.78, 5) is 23.2. The lowest BCUT2D eigenvalue weighted by Crippen LogP contribution is -2.27. The van der Waals surface area contributed by atoms with Crippen molar-refractivity contribution in [3.05, 3.63) is 41.1 Å². The molecule has 0 fully saturated rings. The van der Waals surface area contributed by atoms with E-state index in [9.17, 15) is 9.59 Å². The molecule has 2 rings (SSSR count). The number of primary amides is 1. The number of carbonyl (C=O) groups excluding carboxylic acids is 2. The van der Waals surface area contributed by atoms with Gasteiger partial charge in [-0.25, -0.2) is 9.48 Å². The first-order valence-electron chi connectivity index (χ1n) is 7.81. The number of rotatable bonds is 7. The molecule has 1 aromatic carbocycles. The molecule has 8 heteroatoms. The highest BCUT2D eigenvalue weighted by Crippen LogP contribution is 2.22. The van der Waals surface area contributed by atoms with Gasteiger partial charge in [0.15, 0.2) is 6.10 Å². The van der Waals surface area contributed by atoms with Crippen molar-refractivity contribution in [2.24, 2.45) is 5.73 Å². The molecule has 0 aliphatic rings. The van der Waals surface area contributed by atoms with Crippen molar-refractivity contribution >= 4 is 17.7 Å². The Morgan fingerprint density at radius 3 is 2.68 bits per heavy atom. The molecule has 0 bridgehead atoms. The van der Waals surface area contributed by atoms with Crippen molar-refractivity contribution in [2.75, 3.05) is 12.3 Å². The lowest BCUT2D eigenvalue weighted by molar-refractivity contribution is -0.151. The number of hydrogen-bond donors (Lipinski definition) is 2. The van der Waals surface area contributed by atoms with Crippen molar-refractivity contribution in [2.45, 2.75) is 33.4 Å². The summed E-state index contributed by atoms with van der Waals surface area (Å²) in [5.41, 5.74) is 13.1. The van der Waals surface area contributed by atoms with Crippen LogP contribution in [0.4, 0.5) is 5.82 Å². The summed E-state index contributed by atoms with van der Waals surface area (Å²) in [6.07, 6.45) is 0.530. The molecule has 1 amide bonds. The van der Waals surface area contributed by atoms with E-state index in [1.54, 1.807) is 6.92 Å². The Balaban J connectivity index is 1.87. The second-order valence-electron chi connectivity index (χ2n) is 5.66. The molecule has 25 heavy (non-hydrogen) atoms. The van der Waals surface area contributed by atoms with Crippen LogP contribution in [0.1, 0.15) is 28.4 Å². The first-order valence-corrected chi connectivity index (χ1v) is 7.81. The minimum atomic E-state index is -0.753. The lowest BCUT2D eigenvalue weighted by atomic mass is 10.1.